The van der Waals surface area contributed by atoms with Crippen molar-refractivity contribution in [1.29, 1.82) is 0 Å². The van der Waals surface area contributed by atoms with Crippen LogP contribution in [0.15, 0.2) is 72.9 Å². The lowest BCUT2D eigenvalue weighted by Crippen LogP contribution is -2.29. The molecule has 3 heterocycles. The number of nitrogens with zero attached hydrogens (tertiary/aromatic N) is 3. The van der Waals surface area contributed by atoms with Crippen LogP contribution in [0, 0.1) is 27.7 Å². The lowest BCUT2D eigenvalue weighted by Gasteiger charge is -2.28. The molecule has 7 nitrogen and oxygen atoms in total. The van der Waals surface area contributed by atoms with E-state index in [1.54, 1.807) is 0 Å². The molecule has 8 heteroatoms. The maximum Gasteiger partial charge on any atom is 0.250 e. The summed E-state index contributed by atoms with van der Waals surface area (Å²) in [6.45, 7) is 8.65. The fourth-order valence-electron chi connectivity index (χ4n) is 5.42. The highest BCUT2D eigenvalue weighted by molar-refractivity contribution is 7.80. The molecule has 1 saturated heterocycles. The zero-order chi connectivity index (χ0) is 27.7. The minimum Gasteiger partial charge on any atom is -0.375 e. The molecule has 2 aromatic carbocycles. The van der Waals surface area contributed by atoms with Gasteiger partial charge in [-0.05, 0) is 105 Å². The number of ether oxygens (including phenoxy) is 1. The van der Waals surface area contributed by atoms with E-state index in [0.717, 1.165) is 22.8 Å². The van der Waals surface area contributed by atoms with E-state index >= 15 is 0 Å². The molecule has 1 aliphatic heterocycles. The predicted octanol–water partition coefficient (Wildman–Crippen LogP) is 5.87. The zero-order valence-electron chi connectivity index (χ0n) is 22.9. The number of carbonyl (C=O) groups is 1. The number of methoxy groups -OCH3 is 1. The first-order chi connectivity index (χ1) is 18.8. The minimum atomic E-state index is -0.199. The van der Waals surface area contributed by atoms with Crippen LogP contribution in [0.5, 0.6) is 0 Å². The van der Waals surface area contributed by atoms with Gasteiger partial charge in [0, 0.05) is 41.8 Å². The Morgan fingerprint density at radius 3 is 2.51 bits per heavy atom. The van der Waals surface area contributed by atoms with Crippen LogP contribution in [0.25, 0.3) is 5.69 Å². The van der Waals surface area contributed by atoms with Crippen molar-refractivity contribution in [1.82, 2.24) is 14.9 Å². The number of aromatic nitrogens is 2. The lowest BCUT2D eigenvalue weighted by atomic mass is 9.96. The number of aryl methyl sites for hydroxylation is 2. The Labute approximate surface area is 234 Å². The molecule has 1 aliphatic rings. The van der Waals surface area contributed by atoms with E-state index in [1.807, 2.05) is 48.7 Å². The van der Waals surface area contributed by atoms with Crippen molar-refractivity contribution < 1.29 is 9.53 Å². The largest absolute Gasteiger partial charge is 0.375 e. The second kappa shape index (κ2) is 11.0. The van der Waals surface area contributed by atoms with Crippen molar-refractivity contribution in [2.45, 2.75) is 39.8 Å². The van der Waals surface area contributed by atoms with Crippen molar-refractivity contribution >= 4 is 34.6 Å². The third-order valence-electron chi connectivity index (χ3n) is 7.41. The highest BCUT2D eigenvalue weighted by Crippen LogP contribution is 2.44. The summed E-state index contributed by atoms with van der Waals surface area (Å²) >= 11 is 5.92. The number of nitrogens with one attached hydrogen (secondary N) is 2. The smallest absolute Gasteiger partial charge is 0.250 e. The molecule has 0 bridgehead atoms. The van der Waals surface area contributed by atoms with Gasteiger partial charge in [-0.3, -0.25) is 9.78 Å². The highest BCUT2D eigenvalue weighted by Gasteiger charge is 2.42. The lowest BCUT2D eigenvalue weighted by molar-refractivity contribution is -0.119. The molecule has 0 saturated carbocycles. The molecule has 4 aromatic rings. The molecule has 5 rings (SSSR count). The second-order valence-corrected chi connectivity index (χ2v) is 10.3. The van der Waals surface area contributed by atoms with Gasteiger partial charge in [0.1, 0.15) is 6.61 Å². The van der Waals surface area contributed by atoms with Crippen molar-refractivity contribution in [2.75, 3.05) is 23.9 Å². The summed E-state index contributed by atoms with van der Waals surface area (Å²) in [7, 11) is 1.50. The molecule has 0 aliphatic carbocycles. The maximum atomic E-state index is 12.0. The van der Waals surface area contributed by atoms with E-state index in [9.17, 15) is 4.79 Å². The van der Waals surface area contributed by atoms with Crippen molar-refractivity contribution in [3.05, 3.63) is 107 Å². The predicted molar refractivity (Wildman–Crippen MR) is 160 cm³/mol. The van der Waals surface area contributed by atoms with Crippen LogP contribution in [-0.2, 0) is 9.53 Å². The Kier molecular flexibility index (Phi) is 7.50. The number of anilines is 2. The number of amides is 1. The highest BCUT2D eigenvalue weighted by atomic mass is 32.1. The minimum absolute atomic E-state index is 0.00570. The van der Waals surface area contributed by atoms with Crippen LogP contribution in [-0.4, -0.2) is 34.3 Å². The zero-order valence-corrected chi connectivity index (χ0v) is 23.7. The van der Waals surface area contributed by atoms with Crippen LogP contribution >= 0.6 is 12.2 Å². The van der Waals surface area contributed by atoms with Gasteiger partial charge < -0.3 is 24.8 Å². The van der Waals surface area contributed by atoms with E-state index in [2.05, 4.69) is 72.1 Å². The molecule has 1 amide bonds. The summed E-state index contributed by atoms with van der Waals surface area (Å²) in [4.78, 5) is 18.8. The average molecular weight is 540 g/mol. The van der Waals surface area contributed by atoms with Gasteiger partial charge in [-0.25, -0.2) is 0 Å². The van der Waals surface area contributed by atoms with Gasteiger partial charge in [-0.2, -0.15) is 0 Å². The summed E-state index contributed by atoms with van der Waals surface area (Å²) in [5, 5.41) is 7.03. The van der Waals surface area contributed by atoms with E-state index in [4.69, 9.17) is 21.9 Å². The summed E-state index contributed by atoms with van der Waals surface area (Å²) in [5.74, 6) is -0.199. The first-order valence-corrected chi connectivity index (χ1v) is 13.4. The second-order valence-electron chi connectivity index (χ2n) is 9.91. The maximum absolute atomic E-state index is 12.0. The van der Waals surface area contributed by atoms with Crippen molar-refractivity contribution in [2.24, 2.45) is 0 Å². The number of thiocarbonyl (C=S) groups is 1. The molecular weight excluding hydrogens is 506 g/mol. The molecule has 2 N–H and O–H groups in total. The summed E-state index contributed by atoms with van der Waals surface area (Å²) in [6.07, 6.45) is 1.82. The topological polar surface area (TPSA) is 71.4 Å². The third kappa shape index (κ3) is 5.05. The molecule has 0 radical (unpaired) electrons. The number of benzene rings is 2. The van der Waals surface area contributed by atoms with E-state index in [0.29, 0.717) is 10.8 Å². The molecule has 2 atom stereocenters. The van der Waals surface area contributed by atoms with Crippen molar-refractivity contribution in [3.63, 3.8) is 0 Å². The number of hydrogen-bond acceptors (Lipinski definition) is 4. The number of carbonyl (C=O) groups excluding carboxylic acids is 1. The average Bonchev–Trinajstić information content (AvgIpc) is 3.42. The van der Waals surface area contributed by atoms with Gasteiger partial charge >= 0.3 is 0 Å². The molecule has 2 aromatic heterocycles. The number of pyridine rings is 1. The molecule has 200 valence electrons. The number of hydrogen-bond donors (Lipinski definition) is 2. The van der Waals surface area contributed by atoms with Gasteiger partial charge in [-0.1, -0.05) is 18.2 Å². The first kappa shape index (κ1) is 26.6. The molecular formula is C31H33N5O2S. The Morgan fingerprint density at radius 2 is 1.82 bits per heavy atom. The number of rotatable bonds is 7. The van der Waals surface area contributed by atoms with Crippen LogP contribution < -0.4 is 15.5 Å². The van der Waals surface area contributed by atoms with Crippen LogP contribution in [0.4, 0.5) is 11.4 Å². The fourth-order valence-corrected chi connectivity index (χ4v) is 5.76. The third-order valence-corrected chi connectivity index (χ3v) is 7.72. The van der Waals surface area contributed by atoms with Crippen LogP contribution in [0.1, 0.15) is 45.9 Å². The van der Waals surface area contributed by atoms with Crippen molar-refractivity contribution in [3.8, 4) is 5.69 Å². The van der Waals surface area contributed by atoms with Gasteiger partial charge in [0.25, 0.3) is 0 Å². The van der Waals surface area contributed by atoms with E-state index < -0.39 is 0 Å². The molecule has 0 spiro atoms. The Bertz CT molecular complexity index is 1510. The Morgan fingerprint density at radius 1 is 1.05 bits per heavy atom. The summed E-state index contributed by atoms with van der Waals surface area (Å²) in [5.41, 5.74) is 9.74. The summed E-state index contributed by atoms with van der Waals surface area (Å²) < 4.78 is 7.26. The standard InChI is InChI=1S/C31H33N5O2S/c1-19-9-8-11-27(21(19)3)35-20(2)17-25(22(35)4)30-29(26-10-6-7-16-32-26)34-31(39)36(30)24-14-12-23(13-15-24)33-28(37)18-38-5/h6-17,29-30H,18H2,1-5H3,(H,33,37)(H,34,39)/t29-,30-/m0/s1. The van der Waals surface area contributed by atoms with Crippen LogP contribution in [0.3, 0.4) is 0 Å². The van der Waals surface area contributed by atoms with E-state index in [1.165, 1.54) is 29.5 Å². The SMILES string of the molecule is COCC(=O)Nc1ccc(N2C(=S)N[C@@H](c3ccccn3)[C@@H]2c2cc(C)n(-c3cccc(C)c3C)c2C)cc1. The van der Waals surface area contributed by atoms with Gasteiger partial charge in [-0.15, -0.1) is 0 Å². The van der Waals surface area contributed by atoms with Gasteiger partial charge in [0.15, 0.2) is 5.11 Å². The monoisotopic (exact) mass is 539 g/mol. The van der Waals surface area contributed by atoms with Gasteiger partial charge in [0.2, 0.25) is 5.91 Å². The molecule has 39 heavy (non-hydrogen) atoms. The van der Waals surface area contributed by atoms with Gasteiger partial charge in [0.05, 0.1) is 17.8 Å². The molecule has 0 unspecified atom stereocenters. The normalized spacial score (nSPS) is 16.8. The molecule has 1 fully saturated rings. The summed E-state index contributed by atoms with van der Waals surface area (Å²) in [6, 6.07) is 22.1. The Hall–Kier alpha value is -4.01. The van der Waals surface area contributed by atoms with Crippen LogP contribution in [0.2, 0.25) is 0 Å². The Balaban J connectivity index is 1.60. The first-order valence-electron chi connectivity index (χ1n) is 12.9. The fraction of sp³-hybridized carbons (Fsp3) is 0.258. The quantitative estimate of drug-likeness (QED) is 0.286. The van der Waals surface area contributed by atoms with E-state index in [-0.39, 0.29) is 24.6 Å².